The van der Waals surface area contributed by atoms with E-state index in [1.807, 2.05) is 54.6 Å². The highest BCUT2D eigenvalue weighted by Gasteiger charge is 2.53. The molecule has 1 spiro atoms. The molecule has 2 aliphatic rings. The molecule has 0 bridgehead atoms. The number of para-hydroxylation sites is 2. The summed E-state index contributed by atoms with van der Waals surface area (Å²) in [6.07, 6.45) is 0.478. The fourth-order valence-electron chi connectivity index (χ4n) is 5.03. The van der Waals surface area contributed by atoms with Gasteiger partial charge in [-0.2, -0.15) is 0 Å². The maximum absolute atomic E-state index is 14.4. The van der Waals surface area contributed by atoms with Crippen molar-refractivity contribution in [2.75, 3.05) is 32.3 Å². The minimum Gasteiger partial charge on any atom is -0.496 e. The molecule has 0 unspecified atom stereocenters. The number of hydrogen-bond acceptors (Lipinski definition) is 6. The fourth-order valence-corrected chi connectivity index (χ4v) is 5.41. The van der Waals surface area contributed by atoms with E-state index in [-0.39, 0.29) is 25.0 Å². The molecule has 3 aromatic rings. The standard InChI is InChI=1S/C28H30BrN3O5/c1-17(30-2)26(33)31-25-27(34)32(22-6-4-5-7-24(22)37-28(25)12-13-36-16-28)15-21-20-10-9-19(29)14-18(20)8-11-23(21)35-3/h4-11,14,17,25,30H,12-13,15-16H2,1-3H3,(H,31,33)/t17-,25+,28-/m0/s1. The van der Waals surface area contributed by atoms with Crippen LogP contribution in [0, 0.1) is 0 Å². The van der Waals surface area contributed by atoms with Crippen LogP contribution >= 0.6 is 15.9 Å². The number of carbonyl (C=O) groups excluding carboxylic acids is 2. The lowest BCUT2D eigenvalue weighted by Gasteiger charge is -2.35. The van der Waals surface area contributed by atoms with E-state index in [0.717, 1.165) is 20.8 Å². The highest BCUT2D eigenvalue weighted by molar-refractivity contribution is 9.10. The maximum atomic E-state index is 14.4. The first-order chi connectivity index (χ1) is 17.9. The van der Waals surface area contributed by atoms with Gasteiger partial charge < -0.3 is 29.7 Å². The van der Waals surface area contributed by atoms with Gasteiger partial charge >= 0.3 is 0 Å². The molecule has 194 valence electrons. The molecular formula is C28H30BrN3O5. The van der Waals surface area contributed by atoms with Gasteiger partial charge in [-0.3, -0.25) is 9.59 Å². The Morgan fingerprint density at radius 3 is 2.78 bits per heavy atom. The van der Waals surface area contributed by atoms with Crippen LogP contribution in [0.15, 0.2) is 59.1 Å². The molecule has 2 aliphatic heterocycles. The number of nitrogens with zero attached hydrogens (tertiary/aromatic N) is 1. The van der Waals surface area contributed by atoms with Crippen LogP contribution in [-0.2, 0) is 20.9 Å². The number of hydrogen-bond donors (Lipinski definition) is 2. The van der Waals surface area contributed by atoms with Crippen molar-refractivity contribution < 1.29 is 23.8 Å². The summed E-state index contributed by atoms with van der Waals surface area (Å²) < 4.78 is 19.0. The normalized spacial score (nSPS) is 21.9. The second kappa shape index (κ2) is 10.3. The molecule has 3 aromatic carbocycles. The smallest absolute Gasteiger partial charge is 0.254 e. The number of likely N-dealkylation sites (N-methyl/N-ethyl adjacent to an activating group) is 1. The van der Waals surface area contributed by atoms with E-state index in [0.29, 0.717) is 30.2 Å². The van der Waals surface area contributed by atoms with Gasteiger partial charge in [-0.25, -0.2) is 0 Å². The first-order valence-corrected chi connectivity index (χ1v) is 13.1. The summed E-state index contributed by atoms with van der Waals surface area (Å²) in [5, 5.41) is 7.92. The van der Waals surface area contributed by atoms with Gasteiger partial charge in [0, 0.05) is 16.5 Å². The van der Waals surface area contributed by atoms with Crippen molar-refractivity contribution in [2.24, 2.45) is 0 Å². The van der Waals surface area contributed by atoms with Gasteiger partial charge in [0.2, 0.25) is 5.91 Å². The van der Waals surface area contributed by atoms with Gasteiger partial charge in [-0.05, 0) is 55.1 Å². The highest BCUT2D eigenvalue weighted by Crippen LogP contribution is 2.42. The molecular weight excluding hydrogens is 538 g/mol. The molecule has 9 heteroatoms. The summed E-state index contributed by atoms with van der Waals surface area (Å²) in [5.74, 6) is 0.702. The Balaban J connectivity index is 1.64. The van der Waals surface area contributed by atoms with Crippen LogP contribution in [0.25, 0.3) is 10.8 Å². The van der Waals surface area contributed by atoms with Crippen molar-refractivity contribution in [1.29, 1.82) is 0 Å². The Morgan fingerprint density at radius 1 is 1.24 bits per heavy atom. The molecule has 8 nitrogen and oxygen atoms in total. The zero-order valence-electron chi connectivity index (χ0n) is 21.0. The van der Waals surface area contributed by atoms with E-state index < -0.39 is 17.7 Å². The number of benzene rings is 3. The molecule has 3 atom stereocenters. The number of amides is 2. The van der Waals surface area contributed by atoms with E-state index in [4.69, 9.17) is 14.2 Å². The Hall–Kier alpha value is -3.14. The lowest BCUT2D eigenvalue weighted by molar-refractivity contribution is -0.133. The van der Waals surface area contributed by atoms with E-state index in [9.17, 15) is 9.59 Å². The Bertz CT molecular complexity index is 1340. The van der Waals surface area contributed by atoms with Crippen LogP contribution < -0.4 is 25.0 Å². The van der Waals surface area contributed by atoms with Crippen LogP contribution in [0.5, 0.6) is 11.5 Å². The molecule has 37 heavy (non-hydrogen) atoms. The highest BCUT2D eigenvalue weighted by atomic mass is 79.9. The number of carbonyl (C=O) groups is 2. The zero-order chi connectivity index (χ0) is 26.2. The first kappa shape index (κ1) is 25.5. The third kappa shape index (κ3) is 4.67. The third-order valence-corrected chi connectivity index (χ3v) is 7.72. The molecule has 2 amide bonds. The lowest BCUT2D eigenvalue weighted by atomic mass is 9.91. The SMILES string of the molecule is CN[C@@H](C)C(=O)N[C@@H]1C(=O)N(Cc2c(OC)ccc3cc(Br)ccc23)c2ccccc2O[C@]12CCOC2. The summed E-state index contributed by atoms with van der Waals surface area (Å²) in [4.78, 5) is 29.1. The molecule has 0 saturated carbocycles. The Labute approximate surface area is 224 Å². The van der Waals surface area contributed by atoms with Gasteiger partial charge in [-0.1, -0.05) is 40.2 Å². The van der Waals surface area contributed by atoms with Crippen LogP contribution in [0.2, 0.25) is 0 Å². The van der Waals surface area contributed by atoms with Crippen LogP contribution in [-0.4, -0.2) is 56.9 Å². The van der Waals surface area contributed by atoms with Crippen molar-refractivity contribution in [3.63, 3.8) is 0 Å². The van der Waals surface area contributed by atoms with E-state index in [1.54, 1.807) is 26.0 Å². The largest absolute Gasteiger partial charge is 0.496 e. The third-order valence-electron chi connectivity index (χ3n) is 7.22. The predicted octanol–water partition coefficient (Wildman–Crippen LogP) is 3.79. The van der Waals surface area contributed by atoms with Crippen molar-refractivity contribution in [3.05, 3.63) is 64.6 Å². The minimum absolute atomic E-state index is 0.200. The monoisotopic (exact) mass is 567 g/mol. The lowest BCUT2D eigenvalue weighted by Crippen LogP contribution is -2.64. The number of methoxy groups -OCH3 is 1. The predicted molar refractivity (Wildman–Crippen MR) is 145 cm³/mol. The van der Waals surface area contributed by atoms with Crippen LogP contribution in [0.1, 0.15) is 18.9 Å². The number of halogens is 1. The molecule has 5 rings (SSSR count). The van der Waals surface area contributed by atoms with Gasteiger partial charge in [0.05, 0.1) is 38.6 Å². The average Bonchev–Trinajstić information content (AvgIpc) is 3.35. The van der Waals surface area contributed by atoms with Crippen molar-refractivity contribution in [2.45, 2.75) is 37.6 Å². The van der Waals surface area contributed by atoms with Crippen molar-refractivity contribution >= 4 is 44.2 Å². The molecule has 1 saturated heterocycles. The second-order valence-corrected chi connectivity index (χ2v) is 10.3. The minimum atomic E-state index is -1.02. The fraction of sp³-hybridized carbons (Fsp3) is 0.357. The summed E-state index contributed by atoms with van der Waals surface area (Å²) in [6, 6.07) is 16.0. The first-order valence-electron chi connectivity index (χ1n) is 12.3. The second-order valence-electron chi connectivity index (χ2n) is 9.43. The Morgan fingerprint density at radius 2 is 2.05 bits per heavy atom. The van der Waals surface area contributed by atoms with Crippen LogP contribution in [0.3, 0.4) is 0 Å². The van der Waals surface area contributed by atoms with Gasteiger partial charge in [0.15, 0.2) is 11.6 Å². The number of nitrogens with one attached hydrogen (secondary N) is 2. The van der Waals surface area contributed by atoms with Gasteiger partial charge in [0.1, 0.15) is 11.5 Å². The number of fused-ring (bicyclic) bond motifs is 2. The Kier molecular flexibility index (Phi) is 7.11. The number of anilines is 1. The van der Waals surface area contributed by atoms with Crippen molar-refractivity contribution in [3.8, 4) is 11.5 Å². The van der Waals surface area contributed by atoms with E-state index >= 15 is 0 Å². The molecule has 0 radical (unpaired) electrons. The topological polar surface area (TPSA) is 89.1 Å². The summed E-state index contributed by atoms with van der Waals surface area (Å²) in [7, 11) is 3.33. The molecule has 2 heterocycles. The molecule has 0 aliphatic carbocycles. The van der Waals surface area contributed by atoms with E-state index in [1.165, 1.54) is 0 Å². The van der Waals surface area contributed by atoms with E-state index in [2.05, 4.69) is 26.6 Å². The molecule has 1 fully saturated rings. The number of rotatable bonds is 6. The summed E-state index contributed by atoms with van der Waals surface area (Å²) in [6.45, 7) is 2.62. The number of ether oxygens (including phenoxy) is 3. The molecule has 0 aromatic heterocycles. The van der Waals surface area contributed by atoms with Crippen molar-refractivity contribution in [1.82, 2.24) is 10.6 Å². The maximum Gasteiger partial charge on any atom is 0.254 e. The molecule has 2 N–H and O–H groups in total. The van der Waals surface area contributed by atoms with Gasteiger partial charge in [0.25, 0.3) is 5.91 Å². The quantitative estimate of drug-likeness (QED) is 0.471. The summed E-state index contributed by atoms with van der Waals surface area (Å²) in [5.41, 5.74) is 0.481. The average molecular weight is 568 g/mol. The zero-order valence-corrected chi connectivity index (χ0v) is 22.6. The van der Waals surface area contributed by atoms with Crippen LogP contribution in [0.4, 0.5) is 5.69 Å². The van der Waals surface area contributed by atoms with Gasteiger partial charge in [-0.15, -0.1) is 0 Å². The summed E-state index contributed by atoms with van der Waals surface area (Å²) >= 11 is 3.55.